The lowest BCUT2D eigenvalue weighted by atomic mass is 10.0. The van der Waals surface area contributed by atoms with Gasteiger partial charge >= 0.3 is 0 Å². The molecule has 17 heavy (non-hydrogen) atoms. The van der Waals surface area contributed by atoms with E-state index in [0.717, 1.165) is 25.9 Å². The molecule has 0 aliphatic carbocycles. The first-order valence-corrected chi connectivity index (χ1v) is 6.55. The number of carbonyl (C=O) groups excluding carboxylic acids is 1. The van der Waals surface area contributed by atoms with Crippen molar-refractivity contribution in [3.63, 3.8) is 0 Å². The van der Waals surface area contributed by atoms with Crippen LogP contribution in [0, 0.1) is 17.2 Å². The Bertz CT molecular complexity index is 334. The Hall–Kier alpha value is -1.08. The Morgan fingerprint density at radius 3 is 2.76 bits per heavy atom. The minimum atomic E-state index is -0.0862. The lowest BCUT2D eigenvalue weighted by Gasteiger charge is -2.39. The van der Waals surface area contributed by atoms with Gasteiger partial charge in [-0.3, -0.25) is 9.69 Å². The van der Waals surface area contributed by atoms with Gasteiger partial charge in [-0.15, -0.1) is 0 Å². The summed E-state index contributed by atoms with van der Waals surface area (Å²) < 4.78 is 0. The van der Waals surface area contributed by atoms with E-state index in [2.05, 4.69) is 24.8 Å². The zero-order chi connectivity index (χ0) is 12.4. The molecular weight excluding hydrogens is 214 g/mol. The van der Waals surface area contributed by atoms with Gasteiger partial charge in [0, 0.05) is 31.6 Å². The summed E-state index contributed by atoms with van der Waals surface area (Å²) in [5.41, 5.74) is 0. The first-order valence-electron chi connectivity index (χ1n) is 6.55. The van der Waals surface area contributed by atoms with E-state index in [1.807, 2.05) is 4.90 Å². The second kappa shape index (κ2) is 5.05. The van der Waals surface area contributed by atoms with E-state index in [0.29, 0.717) is 25.0 Å². The Morgan fingerprint density at radius 1 is 1.41 bits per heavy atom. The average molecular weight is 235 g/mol. The van der Waals surface area contributed by atoms with Gasteiger partial charge in [0.05, 0.1) is 12.0 Å². The number of carbonyl (C=O) groups is 1. The number of nitrogens with zero attached hydrogens (tertiary/aromatic N) is 3. The number of piperidine rings is 1. The number of nitriles is 1. The van der Waals surface area contributed by atoms with E-state index in [4.69, 9.17) is 5.26 Å². The van der Waals surface area contributed by atoms with Crippen LogP contribution in [0.1, 0.15) is 33.1 Å². The van der Waals surface area contributed by atoms with Crippen LogP contribution >= 0.6 is 0 Å². The van der Waals surface area contributed by atoms with Crippen molar-refractivity contribution in [1.82, 2.24) is 9.80 Å². The van der Waals surface area contributed by atoms with Gasteiger partial charge in [-0.25, -0.2) is 0 Å². The van der Waals surface area contributed by atoms with Crippen LogP contribution in [0.3, 0.4) is 0 Å². The maximum absolute atomic E-state index is 11.9. The topological polar surface area (TPSA) is 47.3 Å². The molecule has 0 aromatic rings. The molecule has 2 fully saturated rings. The van der Waals surface area contributed by atoms with Crippen LogP contribution in [0.4, 0.5) is 0 Å². The van der Waals surface area contributed by atoms with Crippen molar-refractivity contribution in [3.05, 3.63) is 0 Å². The van der Waals surface area contributed by atoms with Crippen molar-refractivity contribution in [2.75, 3.05) is 19.6 Å². The molecule has 4 nitrogen and oxygen atoms in total. The summed E-state index contributed by atoms with van der Waals surface area (Å²) in [5.74, 6) is 0.0871. The van der Waals surface area contributed by atoms with E-state index < -0.39 is 0 Å². The molecule has 2 rings (SSSR count). The minimum Gasteiger partial charge on any atom is -0.337 e. The maximum Gasteiger partial charge on any atom is 0.224 e. The van der Waals surface area contributed by atoms with E-state index in [9.17, 15) is 4.79 Å². The molecule has 2 saturated heterocycles. The Kier molecular flexibility index (Phi) is 3.68. The highest BCUT2D eigenvalue weighted by Gasteiger charge is 2.36. The van der Waals surface area contributed by atoms with Gasteiger partial charge in [0.15, 0.2) is 0 Å². The second-order valence-corrected chi connectivity index (χ2v) is 5.46. The standard InChI is InChI=1S/C13H21N3O/c1-10(2)15-5-3-4-12(9-15)16-8-11(7-14)6-13(16)17/h10-12H,3-6,8-9H2,1-2H3. The van der Waals surface area contributed by atoms with E-state index in [-0.39, 0.29) is 11.8 Å². The predicted molar refractivity (Wildman–Crippen MR) is 65.2 cm³/mol. The molecule has 0 bridgehead atoms. The molecular formula is C13H21N3O. The van der Waals surface area contributed by atoms with Gasteiger partial charge < -0.3 is 4.90 Å². The van der Waals surface area contributed by atoms with E-state index >= 15 is 0 Å². The van der Waals surface area contributed by atoms with Crippen LogP contribution in [-0.4, -0.2) is 47.4 Å². The largest absolute Gasteiger partial charge is 0.337 e. The fourth-order valence-electron chi connectivity index (χ4n) is 2.88. The molecule has 0 radical (unpaired) electrons. The molecule has 2 aliphatic heterocycles. The Morgan fingerprint density at radius 2 is 2.18 bits per heavy atom. The molecule has 0 N–H and O–H groups in total. The Balaban J connectivity index is 1.98. The maximum atomic E-state index is 11.9. The van der Waals surface area contributed by atoms with Gasteiger partial charge in [0.1, 0.15) is 0 Å². The zero-order valence-corrected chi connectivity index (χ0v) is 10.7. The summed E-state index contributed by atoms with van der Waals surface area (Å²) in [6, 6.07) is 3.10. The summed E-state index contributed by atoms with van der Waals surface area (Å²) in [6.45, 7) is 7.16. The number of hydrogen-bond donors (Lipinski definition) is 0. The first-order chi connectivity index (χ1) is 8.11. The molecule has 2 atom stereocenters. The molecule has 2 aliphatic rings. The third-order valence-electron chi connectivity index (χ3n) is 3.94. The molecule has 1 amide bonds. The molecule has 2 heterocycles. The van der Waals surface area contributed by atoms with E-state index in [1.165, 1.54) is 0 Å². The summed E-state index contributed by atoms with van der Waals surface area (Å²) in [6.07, 6.45) is 2.67. The number of amides is 1. The van der Waals surface area contributed by atoms with E-state index in [1.54, 1.807) is 0 Å². The second-order valence-electron chi connectivity index (χ2n) is 5.46. The predicted octanol–water partition coefficient (Wildman–Crippen LogP) is 1.23. The van der Waals surface area contributed by atoms with Crippen molar-refractivity contribution in [2.45, 2.75) is 45.2 Å². The van der Waals surface area contributed by atoms with Crippen molar-refractivity contribution in [3.8, 4) is 6.07 Å². The number of rotatable bonds is 2. The quantitative estimate of drug-likeness (QED) is 0.723. The molecule has 0 spiro atoms. The van der Waals surface area contributed by atoms with Crippen LogP contribution in [-0.2, 0) is 4.79 Å². The summed E-state index contributed by atoms with van der Waals surface area (Å²) in [4.78, 5) is 16.3. The van der Waals surface area contributed by atoms with Gasteiger partial charge in [0.25, 0.3) is 0 Å². The fraction of sp³-hybridized carbons (Fsp3) is 0.846. The number of likely N-dealkylation sites (tertiary alicyclic amines) is 2. The van der Waals surface area contributed by atoms with Crippen LogP contribution in [0.25, 0.3) is 0 Å². The normalized spacial score (nSPS) is 30.9. The van der Waals surface area contributed by atoms with Gasteiger partial charge in [-0.2, -0.15) is 5.26 Å². The molecule has 0 aromatic heterocycles. The van der Waals surface area contributed by atoms with Gasteiger partial charge in [-0.1, -0.05) is 0 Å². The van der Waals surface area contributed by atoms with Crippen LogP contribution in [0.15, 0.2) is 0 Å². The van der Waals surface area contributed by atoms with Gasteiger partial charge in [0.2, 0.25) is 5.91 Å². The fourth-order valence-corrected chi connectivity index (χ4v) is 2.88. The third kappa shape index (κ3) is 2.61. The molecule has 4 heteroatoms. The lowest BCUT2D eigenvalue weighted by molar-refractivity contribution is -0.130. The minimum absolute atomic E-state index is 0.0862. The Labute approximate surface area is 103 Å². The molecule has 0 aromatic carbocycles. The summed E-state index contributed by atoms with van der Waals surface area (Å²) in [7, 11) is 0. The first kappa shape index (κ1) is 12.4. The monoisotopic (exact) mass is 235 g/mol. The van der Waals surface area contributed by atoms with Gasteiger partial charge in [-0.05, 0) is 33.2 Å². The van der Waals surface area contributed by atoms with Crippen molar-refractivity contribution >= 4 is 5.91 Å². The highest BCUT2D eigenvalue weighted by molar-refractivity contribution is 5.79. The SMILES string of the molecule is CC(C)N1CCCC(N2CC(C#N)CC2=O)C1. The van der Waals surface area contributed by atoms with Crippen molar-refractivity contribution in [1.29, 1.82) is 5.26 Å². The molecule has 94 valence electrons. The number of hydrogen-bond acceptors (Lipinski definition) is 3. The molecule has 0 saturated carbocycles. The summed E-state index contributed by atoms with van der Waals surface area (Å²) in [5, 5.41) is 8.90. The van der Waals surface area contributed by atoms with Crippen LogP contribution < -0.4 is 0 Å². The summed E-state index contributed by atoms with van der Waals surface area (Å²) >= 11 is 0. The zero-order valence-electron chi connectivity index (χ0n) is 10.7. The van der Waals surface area contributed by atoms with Crippen molar-refractivity contribution < 1.29 is 4.79 Å². The van der Waals surface area contributed by atoms with Crippen LogP contribution in [0.2, 0.25) is 0 Å². The van der Waals surface area contributed by atoms with Crippen molar-refractivity contribution in [2.24, 2.45) is 5.92 Å². The highest BCUT2D eigenvalue weighted by atomic mass is 16.2. The highest BCUT2D eigenvalue weighted by Crippen LogP contribution is 2.25. The average Bonchev–Trinajstić information content (AvgIpc) is 2.71. The van der Waals surface area contributed by atoms with Crippen LogP contribution in [0.5, 0.6) is 0 Å². The third-order valence-corrected chi connectivity index (χ3v) is 3.94. The molecule has 2 unspecified atom stereocenters. The lowest BCUT2D eigenvalue weighted by Crippen LogP contribution is -2.50. The smallest absolute Gasteiger partial charge is 0.224 e.